The maximum Gasteiger partial charge on any atom is 0.245 e. The fourth-order valence-corrected chi connectivity index (χ4v) is 4.43. The molecular weight excluding hydrogens is 272 g/mol. The van der Waals surface area contributed by atoms with Gasteiger partial charge in [-0.05, 0) is 56.2 Å². The van der Waals surface area contributed by atoms with Gasteiger partial charge in [0.15, 0.2) is 0 Å². The smallest absolute Gasteiger partial charge is 0.245 e. The summed E-state index contributed by atoms with van der Waals surface area (Å²) in [5, 5.41) is 0. The van der Waals surface area contributed by atoms with Gasteiger partial charge in [0.2, 0.25) is 10.0 Å². The first-order chi connectivity index (χ1) is 9.37. The van der Waals surface area contributed by atoms with E-state index in [2.05, 4.69) is 0 Å². The lowest BCUT2D eigenvalue weighted by molar-refractivity contribution is 0.395. The van der Waals surface area contributed by atoms with Crippen molar-refractivity contribution in [1.29, 1.82) is 0 Å². The second-order valence-electron chi connectivity index (χ2n) is 5.73. The molecule has 1 saturated carbocycles. The van der Waals surface area contributed by atoms with Crippen LogP contribution >= 0.6 is 0 Å². The van der Waals surface area contributed by atoms with Gasteiger partial charge in [0.25, 0.3) is 0 Å². The highest BCUT2D eigenvalue weighted by Gasteiger charge is 2.33. The Balaban J connectivity index is 2.43. The third-order valence-electron chi connectivity index (χ3n) is 3.94. The Bertz CT molecular complexity index is 592. The Kier molecular flexibility index (Phi) is 4.39. The van der Waals surface area contributed by atoms with Crippen LogP contribution in [0.25, 0.3) is 0 Å². The molecule has 0 aliphatic heterocycles. The first-order valence-electron chi connectivity index (χ1n) is 7.23. The third kappa shape index (κ3) is 2.99. The van der Waals surface area contributed by atoms with Crippen LogP contribution in [0.1, 0.15) is 37.3 Å². The Morgan fingerprint density at radius 1 is 1.30 bits per heavy atom. The molecule has 0 spiro atoms. The fraction of sp³-hybridized carbons (Fsp3) is 0.600. The number of anilines is 1. The van der Waals surface area contributed by atoms with Gasteiger partial charge in [-0.1, -0.05) is 13.0 Å². The second-order valence-corrected chi connectivity index (χ2v) is 7.61. The van der Waals surface area contributed by atoms with E-state index in [0.29, 0.717) is 29.6 Å². The Hall–Kier alpha value is -1.07. The number of benzene rings is 1. The number of aryl methyl sites for hydroxylation is 1. The predicted octanol–water partition coefficient (Wildman–Crippen LogP) is 2.70. The lowest BCUT2D eigenvalue weighted by Crippen LogP contribution is -2.34. The van der Waals surface area contributed by atoms with Crippen LogP contribution < -0.4 is 5.73 Å². The molecule has 1 aliphatic rings. The van der Waals surface area contributed by atoms with Gasteiger partial charge in [-0.3, -0.25) is 0 Å². The van der Waals surface area contributed by atoms with Crippen molar-refractivity contribution in [3.8, 4) is 0 Å². The topological polar surface area (TPSA) is 63.4 Å². The van der Waals surface area contributed by atoms with Crippen LogP contribution in [0.4, 0.5) is 5.69 Å². The maximum atomic E-state index is 12.9. The second kappa shape index (κ2) is 5.74. The van der Waals surface area contributed by atoms with Crippen molar-refractivity contribution in [1.82, 2.24) is 4.31 Å². The first-order valence-corrected chi connectivity index (χ1v) is 8.67. The maximum absolute atomic E-state index is 12.9. The zero-order chi connectivity index (χ0) is 14.9. The van der Waals surface area contributed by atoms with Crippen molar-refractivity contribution >= 4 is 15.7 Å². The average molecular weight is 296 g/mol. The molecule has 0 bridgehead atoms. The molecule has 1 aromatic carbocycles. The molecule has 0 unspecified atom stereocenters. The zero-order valence-electron chi connectivity index (χ0n) is 12.5. The molecule has 0 radical (unpaired) electrons. The van der Waals surface area contributed by atoms with Gasteiger partial charge < -0.3 is 5.73 Å². The molecule has 0 aromatic heterocycles. The normalized spacial score (nSPS) is 15.8. The summed E-state index contributed by atoms with van der Waals surface area (Å²) in [6, 6.07) is 3.56. The van der Waals surface area contributed by atoms with Crippen molar-refractivity contribution < 1.29 is 8.42 Å². The molecule has 2 rings (SSSR count). The quantitative estimate of drug-likeness (QED) is 0.821. The van der Waals surface area contributed by atoms with Crippen LogP contribution in [0.5, 0.6) is 0 Å². The summed E-state index contributed by atoms with van der Waals surface area (Å²) in [6.45, 7) is 6.94. The van der Waals surface area contributed by atoms with Crippen molar-refractivity contribution in [2.45, 2.75) is 44.9 Å². The molecule has 1 fully saturated rings. The summed E-state index contributed by atoms with van der Waals surface area (Å²) in [5.74, 6) is 0.530. The van der Waals surface area contributed by atoms with Gasteiger partial charge in [-0.15, -0.1) is 0 Å². The largest absolute Gasteiger partial charge is 0.398 e. The van der Waals surface area contributed by atoms with Crippen LogP contribution in [-0.4, -0.2) is 25.8 Å². The minimum atomic E-state index is -3.49. The van der Waals surface area contributed by atoms with Crippen molar-refractivity contribution in [3.05, 3.63) is 23.3 Å². The molecule has 1 aliphatic carbocycles. The molecule has 2 N–H and O–H groups in total. The summed E-state index contributed by atoms with van der Waals surface area (Å²) in [5.41, 5.74) is 8.03. The van der Waals surface area contributed by atoms with Gasteiger partial charge in [-0.25, -0.2) is 8.42 Å². The minimum absolute atomic E-state index is 0.298. The summed E-state index contributed by atoms with van der Waals surface area (Å²) in [7, 11) is -3.49. The summed E-state index contributed by atoms with van der Waals surface area (Å²) in [4.78, 5) is 0.298. The van der Waals surface area contributed by atoms with Crippen LogP contribution in [-0.2, 0) is 10.0 Å². The molecule has 4 nitrogen and oxygen atoms in total. The van der Waals surface area contributed by atoms with Crippen molar-refractivity contribution in [2.75, 3.05) is 18.8 Å². The Morgan fingerprint density at radius 3 is 2.50 bits per heavy atom. The highest BCUT2D eigenvalue weighted by Crippen LogP contribution is 2.34. The Labute approximate surface area is 122 Å². The molecular formula is C15H24N2O2S. The van der Waals surface area contributed by atoms with E-state index < -0.39 is 10.0 Å². The highest BCUT2D eigenvalue weighted by atomic mass is 32.2. The number of sulfonamides is 1. The first kappa shape index (κ1) is 15.3. The third-order valence-corrected chi connectivity index (χ3v) is 6.01. The van der Waals surface area contributed by atoms with E-state index in [1.807, 2.05) is 26.8 Å². The highest BCUT2D eigenvalue weighted by molar-refractivity contribution is 7.89. The summed E-state index contributed by atoms with van der Waals surface area (Å²) in [6.07, 6.45) is 3.09. The van der Waals surface area contributed by atoms with E-state index in [1.54, 1.807) is 10.4 Å². The molecule has 1 aromatic rings. The molecule has 112 valence electrons. The van der Waals surface area contributed by atoms with E-state index >= 15 is 0 Å². The van der Waals surface area contributed by atoms with Gasteiger partial charge in [-0.2, -0.15) is 4.31 Å². The van der Waals surface area contributed by atoms with Crippen LogP contribution in [0.15, 0.2) is 17.0 Å². The lowest BCUT2D eigenvalue weighted by Gasteiger charge is -2.24. The number of hydrogen-bond donors (Lipinski definition) is 1. The number of rotatable bonds is 6. The molecule has 0 atom stereocenters. The van der Waals surface area contributed by atoms with E-state index in [0.717, 1.165) is 30.4 Å². The van der Waals surface area contributed by atoms with Crippen LogP contribution in [0.3, 0.4) is 0 Å². The Morgan fingerprint density at radius 2 is 1.95 bits per heavy atom. The molecule has 0 amide bonds. The van der Waals surface area contributed by atoms with Crippen molar-refractivity contribution in [2.24, 2.45) is 5.92 Å². The molecule has 5 heteroatoms. The van der Waals surface area contributed by atoms with E-state index in [9.17, 15) is 8.42 Å². The van der Waals surface area contributed by atoms with Crippen LogP contribution in [0, 0.1) is 19.8 Å². The van der Waals surface area contributed by atoms with E-state index in [4.69, 9.17) is 5.73 Å². The summed E-state index contributed by atoms with van der Waals surface area (Å²) < 4.78 is 27.5. The fourth-order valence-electron chi connectivity index (χ4n) is 2.43. The minimum Gasteiger partial charge on any atom is -0.398 e. The van der Waals surface area contributed by atoms with E-state index in [1.165, 1.54) is 0 Å². The number of hydrogen-bond acceptors (Lipinski definition) is 3. The number of nitrogen functional groups attached to an aromatic ring is 1. The van der Waals surface area contributed by atoms with Gasteiger partial charge in [0, 0.05) is 13.1 Å². The van der Waals surface area contributed by atoms with E-state index in [-0.39, 0.29) is 0 Å². The van der Waals surface area contributed by atoms with Gasteiger partial charge in [0.05, 0.1) is 5.69 Å². The van der Waals surface area contributed by atoms with Crippen molar-refractivity contribution in [3.63, 3.8) is 0 Å². The molecule has 20 heavy (non-hydrogen) atoms. The lowest BCUT2D eigenvalue weighted by atomic mass is 10.1. The average Bonchev–Trinajstić information content (AvgIpc) is 3.17. The number of nitrogens with zero attached hydrogens (tertiary/aromatic N) is 1. The predicted molar refractivity (Wildman–Crippen MR) is 82.1 cm³/mol. The van der Waals surface area contributed by atoms with Crippen LogP contribution in [0.2, 0.25) is 0 Å². The molecule has 0 saturated heterocycles. The standard InChI is InChI=1S/C15H24N2O2S/c1-4-9-17(10-13-6-7-13)20(18,19)15-12(3)11(2)5-8-14(15)16/h5,8,13H,4,6-7,9-10,16H2,1-3H3. The monoisotopic (exact) mass is 296 g/mol. The number of nitrogens with two attached hydrogens (primary N) is 1. The molecule has 0 heterocycles. The SMILES string of the molecule is CCCN(CC1CC1)S(=O)(=O)c1c(N)ccc(C)c1C. The van der Waals surface area contributed by atoms with Gasteiger partial charge in [0.1, 0.15) is 4.90 Å². The zero-order valence-corrected chi connectivity index (χ0v) is 13.3. The van der Waals surface area contributed by atoms with Gasteiger partial charge >= 0.3 is 0 Å². The summed E-state index contributed by atoms with van der Waals surface area (Å²) >= 11 is 0.